The van der Waals surface area contributed by atoms with E-state index in [0.717, 1.165) is 28.6 Å². The smallest absolute Gasteiger partial charge is 0.243 e. The first-order chi connectivity index (χ1) is 15.4. The third-order valence-electron chi connectivity index (χ3n) is 5.76. The van der Waals surface area contributed by atoms with Crippen LogP contribution in [-0.4, -0.2) is 43.2 Å². The van der Waals surface area contributed by atoms with E-state index in [1.54, 1.807) is 6.20 Å². The number of halogens is 2. The van der Waals surface area contributed by atoms with Crippen LogP contribution in [-0.2, 0) is 21.2 Å². The summed E-state index contributed by atoms with van der Waals surface area (Å²) in [7, 11) is -3.78. The van der Waals surface area contributed by atoms with Crippen LogP contribution < -0.4 is 5.32 Å². The second-order valence-corrected chi connectivity index (χ2v) is 10.1. The number of aromatic nitrogens is 1. The number of nitrogens with one attached hydrogen (secondary N) is 1. The lowest BCUT2D eigenvalue weighted by Crippen LogP contribution is -2.43. The minimum absolute atomic E-state index is 0.0458. The minimum Gasteiger partial charge on any atom is -0.356 e. The highest BCUT2D eigenvalue weighted by molar-refractivity contribution is 7.89. The molecular weight excluding hydrogens is 453 g/mol. The van der Waals surface area contributed by atoms with E-state index < -0.39 is 15.8 Å². The Bertz CT molecular complexity index is 1240. The Kier molecular flexibility index (Phi) is 6.74. The average molecular weight is 476 g/mol. The molecule has 1 aliphatic rings. The number of nitrogens with zero attached hydrogens (tertiary/aromatic N) is 2. The summed E-state index contributed by atoms with van der Waals surface area (Å²) in [5.41, 5.74) is 2.01. The zero-order chi connectivity index (χ0) is 22.7. The van der Waals surface area contributed by atoms with Gasteiger partial charge in [-0.05, 0) is 49.1 Å². The predicted molar refractivity (Wildman–Crippen MR) is 121 cm³/mol. The van der Waals surface area contributed by atoms with Gasteiger partial charge in [0.25, 0.3) is 0 Å². The van der Waals surface area contributed by atoms with E-state index in [1.807, 2.05) is 30.3 Å². The van der Waals surface area contributed by atoms with Gasteiger partial charge in [-0.2, -0.15) is 4.31 Å². The lowest BCUT2D eigenvalue weighted by molar-refractivity contribution is -0.126. The molecule has 32 heavy (non-hydrogen) atoms. The topological polar surface area (TPSA) is 79.4 Å². The number of hydrogen-bond donors (Lipinski definition) is 1. The van der Waals surface area contributed by atoms with Crippen molar-refractivity contribution in [3.05, 3.63) is 71.1 Å². The first-order valence-corrected chi connectivity index (χ1v) is 12.2. The molecule has 3 aromatic rings. The number of piperidine rings is 1. The van der Waals surface area contributed by atoms with Crippen LogP contribution in [0.4, 0.5) is 4.39 Å². The van der Waals surface area contributed by atoms with Crippen LogP contribution >= 0.6 is 11.6 Å². The summed E-state index contributed by atoms with van der Waals surface area (Å²) in [6.07, 6.45) is 3.27. The summed E-state index contributed by atoms with van der Waals surface area (Å²) in [6.45, 7) is 0.937. The van der Waals surface area contributed by atoms with Gasteiger partial charge in [-0.1, -0.05) is 35.9 Å². The molecule has 1 aromatic heterocycles. The van der Waals surface area contributed by atoms with E-state index >= 15 is 0 Å². The number of rotatable bonds is 6. The number of amides is 1. The van der Waals surface area contributed by atoms with Crippen molar-refractivity contribution in [3.8, 4) is 0 Å². The van der Waals surface area contributed by atoms with Crippen molar-refractivity contribution in [2.24, 2.45) is 5.92 Å². The highest BCUT2D eigenvalue weighted by Gasteiger charge is 2.32. The molecule has 0 radical (unpaired) electrons. The molecule has 0 atom stereocenters. The fourth-order valence-corrected chi connectivity index (χ4v) is 5.72. The lowest BCUT2D eigenvalue weighted by Gasteiger charge is -2.30. The van der Waals surface area contributed by atoms with Gasteiger partial charge in [0.15, 0.2) is 0 Å². The van der Waals surface area contributed by atoms with Crippen molar-refractivity contribution < 1.29 is 17.6 Å². The summed E-state index contributed by atoms with van der Waals surface area (Å²) in [5, 5.41) is 3.80. The number of para-hydroxylation sites is 1. The van der Waals surface area contributed by atoms with E-state index in [1.165, 1.54) is 10.4 Å². The lowest BCUT2D eigenvalue weighted by atomic mass is 9.97. The van der Waals surface area contributed by atoms with Crippen molar-refractivity contribution in [2.75, 3.05) is 19.6 Å². The molecular formula is C23H23ClFN3O3S. The van der Waals surface area contributed by atoms with Gasteiger partial charge in [-0.15, -0.1) is 0 Å². The van der Waals surface area contributed by atoms with Crippen molar-refractivity contribution in [3.63, 3.8) is 0 Å². The maximum absolute atomic E-state index is 13.4. The maximum Gasteiger partial charge on any atom is 0.243 e. The van der Waals surface area contributed by atoms with Crippen LogP contribution in [0.15, 0.2) is 59.6 Å². The summed E-state index contributed by atoms with van der Waals surface area (Å²) in [6, 6.07) is 13.3. The number of fused-ring (bicyclic) bond motifs is 1. The first-order valence-electron chi connectivity index (χ1n) is 10.4. The molecule has 2 heterocycles. The standard InChI is InChI=1S/C23H23ClFN3O3S/c24-20-15-19(6-7-21(20)25)32(30,31)28-13-9-18(10-14-28)23(29)27-12-8-17-4-1-3-16-5-2-11-26-22(16)17/h1-7,11,15,18H,8-10,12-14H2,(H,27,29). The fourth-order valence-electron chi connectivity index (χ4n) is 3.98. The monoisotopic (exact) mass is 475 g/mol. The summed E-state index contributed by atoms with van der Waals surface area (Å²) < 4.78 is 40.3. The third kappa shape index (κ3) is 4.77. The van der Waals surface area contributed by atoms with Crippen molar-refractivity contribution >= 4 is 38.4 Å². The Hall–Kier alpha value is -2.55. The quantitative estimate of drug-likeness (QED) is 0.588. The number of carbonyl (C=O) groups is 1. The highest BCUT2D eigenvalue weighted by Crippen LogP contribution is 2.26. The van der Waals surface area contributed by atoms with E-state index in [2.05, 4.69) is 10.3 Å². The highest BCUT2D eigenvalue weighted by atomic mass is 35.5. The second kappa shape index (κ2) is 9.52. The van der Waals surface area contributed by atoms with Crippen LogP contribution in [0.2, 0.25) is 5.02 Å². The molecule has 1 saturated heterocycles. The van der Waals surface area contributed by atoms with E-state index in [4.69, 9.17) is 11.6 Å². The molecule has 4 rings (SSSR count). The molecule has 2 aromatic carbocycles. The van der Waals surface area contributed by atoms with Gasteiger partial charge in [0.1, 0.15) is 5.82 Å². The molecule has 1 amide bonds. The normalized spacial score (nSPS) is 15.7. The predicted octanol–water partition coefficient (Wildman–Crippen LogP) is 3.79. The van der Waals surface area contributed by atoms with Crippen LogP contribution in [0.25, 0.3) is 10.9 Å². The fraction of sp³-hybridized carbons (Fsp3) is 0.304. The number of hydrogen-bond acceptors (Lipinski definition) is 4. The number of carbonyl (C=O) groups excluding carboxylic acids is 1. The Labute approximate surface area is 191 Å². The third-order valence-corrected chi connectivity index (χ3v) is 7.95. The van der Waals surface area contributed by atoms with Crippen molar-refractivity contribution in [1.82, 2.24) is 14.6 Å². The Morgan fingerprint density at radius 1 is 1.16 bits per heavy atom. The first kappa shape index (κ1) is 22.6. The van der Waals surface area contributed by atoms with E-state index in [-0.39, 0.29) is 34.8 Å². The summed E-state index contributed by atoms with van der Waals surface area (Å²) in [4.78, 5) is 17.0. The van der Waals surface area contributed by atoms with Crippen molar-refractivity contribution in [2.45, 2.75) is 24.2 Å². The van der Waals surface area contributed by atoms with E-state index in [0.29, 0.717) is 25.8 Å². The van der Waals surface area contributed by atoms with Gasteiger partial charge >= 0.3 is 0 Å². The van der Waals surface area contributed by atoms with Gasteiger partial charge in [-0.3, -0.25) is 9.78 Å². The van der Waals surface area contributed by atoms with Crippen LogP contribution in [0.1, 0.15) is 18.4 Å². The zero-order valence-corrected chi connectivity index (χ0v) is 18.9. The molecule has 6 nitrogen and oxygen atoms in total. The molecule has 0 spiro atoms. The van der Waals surface area contributed by atoms with Gasteiger partial charge in [0.05, 0.1) is 15.4 Å². The zero-order valence-electron chi connectivity index (χ0n) is 17.3. The molecule has 1 fully saturated rings. The number of pyridine rings is 1. The van der Waals surface area contributed by atoms with E-state index in [9.17, 15) is 17.6 Å². The number of benzene rings is 2. The second-order valence-electron chi connectivity index (χ2n) is 7.79. The molecule has 0 unspecified atom stereocenters. The van der Waals surface area contributed by atoms with Crippen LogP contribution in [0.5, 0.6) is 0 Å². The molecule has 168 valence electrons. The van der Waals surface area contributed by atoms with Crippen LogP contribution in [0.3, 0.4) is 0 Å². The SMILES string of the molecule is O=C(NCCc1cccc2cccnc12)C1CCN(S(=O)(=O)c2ccc(F)c(Cl)c2)CC1. The molecule has 0 aliphatic carbocycles. The molecule has 0 saturated carbocycles. The van der Waals surface area contributed by atoms with Crippen LogP contribution in [0, 0.1) is 11.7 Å². The van der Waals surface area contributed by atoms with Crippen molar-refractivity contribution in [1.29, 1.82) is 0 Å². The molecule has 1 N–H and O–H groups in total. The molecule has 9 heteroatoms. The Morgan fingerprint density at radius 3 is 2.66 bits per heavy atom. The largest absolute Gasteiger partial charge is 0.356 e. The van der Waals surface area contributed by atoms with Gasteiger partial charge in [-0.25, -0.2) is 12.8 Å². The molecule has 1 aliphatic heterocycles. The Morgan fingerprint density at radius 2 is 1.91 bits per heavy atom. The van der Waals surface area contributed by atoms with Gasteiger partial charge < -0.3 is 5.32 Å². The van der Waals surface area contributed by atoms with Gasteiger partial charge in [0, 0.05) is 37.1 Å². The van der Waals surface area contributed by atoms with Gasteiger partial charge in [0.2, 0.25) is 15.9 Å². The number of sulfonamides is 1. The summed E-state index contributed by atoms with van der Waals surface area (Å²) >= 11 is 5.73. The minimum atomic E-state index is -3.78. The maximum atomic E-state index is 13.4. The summed E-state index contributed by atoms with van der Waals surface area (Å²) in [5.74, 6) is -0.982. The average Bonchev–Trinajstić information content (AvgIpc) is 2.81. The Balaban J connectivity index is 1.31. The molecule has 0 bridgehead atoms.